The Kier molecular flexibility index (Phi) is 4.57. The Labute approximate surface area is 162 Å². The highest BCUT2D eigenvalue weighted by molar-refractivity contribution is 5.92. The van der Waals surface area contributed by atoms with Gasteiger partial charge in [-0.25, -0.2) is 4.98 Å². The number of aromatic amines is 1. The normalized spacial score (nSPS) is 12.8. The Hall–Kier alpha value is -3.62. The number of fused-ring (bicyclic) bond motifs is 1. The molecule has 0 aliphatic carbocycles. The van der Waals surface area contributed by atoms with Gasteiger partial charge in [0.2, 0.25) is 5.82 Å². The Morgan fingerprint density at radius 2 is 1.86 bits per heavy atom. The van der Waals surface area contributed by atoms with E-state index < -0.39 is 23.9 Å². The number of alkyl halides is 3. The topological polar surface area (TPSA) is 83.8 Å². The fourth-order valence-electron chi connectivity index (χ4n) is 3.02. The lowest BCUT2D eigenvalue weighted by Crippen LogP contribution is -2.29. The lowest BCUT2D eigenvalue weighted by atomic mass is 9.98. The molecule has 0 unspecified atom stereocenters. The van der Waals surface area contributed by atoms with Gasteiger partial charge < -0.3 is 14.8 Å². The molecule has 4 aromatic rings. The maximum Gasteiger partial charge on any atom is 0.449 e. The van der Waals surface area contributed by atoms with E-state index in [0.29, 0.717) is 11.3 Å². The summed E-state index contributed by atoms with van der Waals surface area (Å²) >= 11 is 0. The largest absolute Gasteiger partial charge is 0.449 e. The maximum absolute atomic E-state index is 12.9. The Balaban J connectivity index is 1.73. The number of amides is 1. The van der Waals surface area contributed by atoms with E-state index in [1.165, 1.54) is 12.1 Å². The lowest BCUT2D eigenvalue weighted by Gasteiger charge is -2.19. The summed E-state index contributed by atoms with van der Waals surface area (Å²) in [5, 5.41) is 6.57. The molecule has 2 N–H and O–H groups in total. The van der Waals surface area contributed by atoms with Crippen molar-refractivity contribution in [2.24, 2.45) is 0 Å². The minimum absolute atomic E-state index is 0.116. The molecule has 29 heavy (non-hydrogen) atoms. The minimum atomic E-state index is -4.57. The van der Waals surface area contributed by atoms with Crippen molar-refractivity contribution in [2.75, 3.05) is 0 Å². The van der Waals surface area contributed by atoms with Crippen LogP contribution in [0.4, 0.5) is 13.2 Å². The van der Waals surface area contributed by atoms with Crippen LogP contribution in [0.15, 0.2) is 59.1 Å². The molecular formula is C20H15F3N4O2. The number of benzene rings is 2. The van der Waals surface area contributed by atoms with E-state index in [-0.39, 0.29) is 16.7 Å². The summed E-state index contributed by atoms with van der Waals surface area (Å²) in [5.74, 6) is -1.04. The first-order valence-corrected chi connectivity index (χ1v) is 8.67. The predicted octanol–water partition coefficient (Wildman–Crippen LogP) is 4.40. The van der Waals surface area contributed by atoms with Crippen molar-refractivity contribution < 1.29 is 22.5 Å². The third-order valence-electron chi connectivity index (χ3n) is 4.38. The standard InChI is InChI=1S/C20H15F3N4O2/c1-11-9-16(27-29-11)18(28)26-17(12-5-3-2-4-6-12)13-7-8-14-15(10-13)25-19(24-14)20(21,22)23/h2-10,17H,1H3,(H,24,25)(H,26,28)/t17-/m1/s1. The Morgan fingerprint density at radius 3 is 2.52 bits per heavy atom. The summed E-state index contributed by atoms with van der Waals surface area (Å²) in [7, 11) is 0. The molecule has 0 aliphatic rings. The van der Waals surface area contributed by atoms with Gasteiger partial charge in [-0.3, -0.25) is 4.79 Å². The Bertz CT molecular complexity index is 1170. The van der Waals surface area contributed by atoms with Crippen LogP contribution in [0.5, 0.6) is 0 Å². The molecule has 0 saturated carbocycles. The van der Waals surface area contributed by atoms with Crippen LogP contribution in [0, 0.1) is 6.92 Å². The molecule has 0 radical (unpaired) electrons. The number of hydrogen-bond donors (Lipinski definition) is 2. The number of aromatic nitrogens is 3. The molecule has 2 heterocycles. The van der Waals surface area contributed by atoms with Crippen LogP contribution in [0.2, 0.25) is 0 Å². The average Bonchev–Trinajstić information content (AvgIpc) is 3.32. The molecule has 0 saturated heterocycles. The summed E-state index contributed by atoms with van der Waals surface area (Å²) < 4.78 is 43.8. The lowest BCUT2D eigenvalue weighted by molar-refractivity contribution is -0.144. The van der Waals surface area contributed by atoms with Crippen LogP contribution in [0.3, 0.4) is 0 Å². The number of rotatable bonds is 4. The van der Waals surface area contributed by atoms with Crippen LogP contribution >= 0.6 is 0 Å². The third kappa shape index (κ3) is 3.84. The maximum atomic E-state index is 12.9. The highest BCUT2D eigenvalue weighted by Crippen LogP contribution is 2.30. The zero-order valence-corrected chi connectivity index (χ0v) is 15.1. The van der Waals surface area contributed by atoms with E-state index in [0.717, 1.165) is 5.56 Å². The van der Waals surface area contributed by atoms with Crippen molar-refractivity contribution >= 4 is 16.9 Å². The van der Waals surface area contributed by atoms with Crippen molar-refractivity contribution in [1.29, 1.82) is 0 Å². The molecule has 148 valence electrons. The van der Waals surface area contributed by atoms with Gasteiger partial charge in [-0.05, 0) is 30.2 Å². The van der Waals surface area contributed by atoms with E-state index in [1.807, 2.05) is 30.3 Å². The number of nitrogens with one attached hydrogen (secondary N) is 2. The van der Waals surface area contributed by atoms with Gasteiger partial charge in [0.15, 0.2) is 5.69 Å². The van der Waals surface area contributed by atoms with E-state index in [4.69, 9.17) is 4.52 Å². The molecule has 0 aliphatic heterocycles. The number of carbonyl (C=O) groups excluding carboxylic acids is 1. The van der Waals surface area contributed by atoms with Crippen molar-refractivity contribution in [3.8, 4) is 0 Å². The summed E-state index contributed by atoms with van der Waals surface area (Å²) in [4.78, 5) is 18.5. The molecule has 0 bridgehead atoms. The van der Waals surface area contributed by atoms with E-state index in [2.05, 4.69) is 20.4 Å². The van der Waals surface area contributed by atoms with Crippen molar-refractivity contribution in [1.82, 2.24) is 20.4 Å². The van der Waals surface area contributed by atoms with E-state index in [9.17, 15) is 18.0 Å². The highest BCUT2D eigenvalue weighted by atomic mass is 19.4. The van der Waals surface area contributed by atoms with E-state index in [1.54, 1.807) is 19.1 Å². The summed E-state index contributed by atoms with van der Waals surface area (Å²) in [6, 6.07) is 14.6. The highest BCUT2D eigenvalue weighted by Gasteiger charge is 2.34. The number of aryl methyl sites for hydroxylation is 1. The molecule has 1 atom stereocenters. The van der Waals surface area contributed by atoms with Crippen molar-refractivity contribution in [3.63, 3.8) is 0 Å². The zero-order chi connectivity index (χ0) is 20.6. The molecular weight excluding hydrogens is 385 g/mol. The third-order valence-corrected chi connectivity index (χ3v) is 4.38. The predicted molar refractivity (Wildman–Crippen MR) is 98.1 cm³/mol. The first-order valence-electron chi connectivity index (χ1n) is 8.67. The van der Waals surface area contributed by atoms with Crippen LogP contribution < -0.4 is 5.32 Å². The van der Waals surface area contributed by atoms with Crippen molar-refractivity contribution in [2.45, 2.75) is 19.1 Å². The molecule has 0 spiro atoms. The number of carbonyl (C=O) groups is 1. The van der Waals surface area contributed by atoms with Crippen LogP contribution in [-0.2, 0) is 6.18 Å². The molecule has 4 rings (SSSR count). The molecule has 0 fully saturated rings. The van der Waals surface area contributed by atoms with Crippen LogP contribution in [0.1, 0.15) is 39.2 Å². The van der Waals surface area contributed by atoms with Gasteiger partial charge in [0.1, 0.15) is 5.76 Å². The van der Waals surface area contributed by atoms with E-state index >= 15 is 0 Å². The fraction of sp³-hybridized carbons (Fsp3) is 0.150. The van der Waals surface area contributed by atoms with Gasteiger partial charge in [-0.1, -0.05) is 41.6 Å². The second kappa shape index (κ2) is 7.08. The van der Waals surface area contributed by atoms with Gasteiger partial charge in [0.05, 0.1) is 17.1 Å². The number of imidazole rings is 1. The van der Waals surface area contributed by atoms with Crippen LogP contribution in [0.25, 0.3) is 11.0 Å². The summed E-state index contributed by atoms with van der Waals surface area (Å²) in [5.41, 5.74) is 1.88. The van der Waals surface area contributed by atoms with Gasteiger partial charge in [0, 0.05) is 6.07 Å². The summed E-state index contributed by atoms with van der Waals surface area (Å²) in [6.07, 6.45) is -4.57. The van der Waals surface area contributed by atoms with Crippen LogP contribution in [-0.4, -0.2) is 21.0 Å². The average molecular weight is 400 g/mol. The molecule has 2 aromatic carbocycles. The Morgan fingerprint density at radius 1 is 1.10 bits per heavy atom. The number of hydrogen-bond acceptors (Lipinski definition) is 4. The second-order valence-corrected chi connectivity index (χ2v) is 6.50. The smallest absolute Gasteiger partial charge is 0.361 e. The molecule has 1 amide bonds. The SMILES string of the molecule is Cc1cc(C(=O)N[C@H](c2ccccc2)c2ccc3nc(C(F)(F)F)[nH]c3c2)no1. The second-order valence-electron chi connectivity index (χ2n) is 6.50. The first-order chi connectivity index (χ1) is 13.8. The molecule has 9 heteroatoms. The first kappa shape index (κ1) is 18.7. The number of halogens is 3. The molecule has 2 aromatic heterocycles. The number of H-pyrrole nitrogens is 1. The van der Waals surface area contributed by atoms with Crippen molar-refractivity contribution in [3.05, 3.63) is 83.0 Å². The monoisotopic (exact) mass is 400 g/mol. The summed E-state index contributed by atoms with van der Waals surface area (Å²) in [6.45, 7) is 1.67. The van der Waals surface area contributed by atoms with Gasteiger partial charge in [0.25, 0.3) is 5.91 Å². The molecule has 6 nitrogen and oxygen atoms in total. The zero-order valence-electron chi connectivity index (χ0n) is 15.1. The van der Waals surface area contributed by atoms with Gasteiger partial charge >= 0.3 is 6.18 Å². The van der Waals surface area contributed by atoms with Gasteiger partial charge in [-0.15, -0.1) is 0 Å². The number of nitrogens with zero attached hydrogens (tertiary/aromatic N) is 2. The minimum Gasteiger partial charge on any atom is -0.361 e. The quantitative estimate of drug-likeness (QED) is 0.532. The fourth-order valence-corrected chi connectivity index (χ4v) is 3.02. The van der Waals surface area contributed by atoms with Gasteiger partial charge in [-0.2, -0.15) is 13.2 Å².